The summed E-state index contributed by atoms with van der Waals surface area (Å²) < 4.78 is 27.5. The molecule has 0 bridgehead atoms. The zero-order valence-corrected chi connectivity index (χ0v) is 12.1. The van der Waals surface area contributed by atoms with Gasteiger partial charge >= 0.3 is 0 Å². The molecule has 0 radical (unpaired) electrons. The van der Waals surface area contributed by atoms with Crippen LogP contribution in [0.1, 0.15) is 33.1 Å². The third-order valence-electron chi connectivity index (χ3n) is 2.72. The molecule has 0 aromatic carbocycles. The van der Waals surface area contributed by atoms with E-state index in [4.69, 9.17) is 5.73 Å². The molecule has 0 saturated heterocycles. The van der Waals surface area contributed by atoms with Crippen LogP contribution in [0.4, 0.5) is 5.82 Å². The van der Waals surface area contributed by atoms with E-state index in [1.54, 1.807) is 11.7 Å². The van der Waals surface area contributed by atoms with Crippen LogP contribution < -0.4 is 5.73 Å². The Kier molecular flexibility index (Phi) is 5.15. The number of aromatic nitrogens is 2. The minimum absolute atomic E-state index is 0.0757. The summed E-state index contributed by atoms with van der Waals surface area (Å²) in [6.07, 6.45) is 4.17. The monoisotopic (exact) mass is 274 g/mol. The summed E-state index contributed by atoms with van der Waals surface area (Å²) in [7, 11) is -1.94. The first kappa shape index (κ1) is 15.0. The van der Waals surface area contributed by atoms with Crippen molar-refractivity contribution in [2.24, 2.45) is 0 Å². The predicted molar refractivity (Wildman–Crippen MR) is 71.7 cm³/mol. The summed E-state index contributed by atoms with van der Waals surface area (Å²) in [5, 5.41) is 4.02. The Hall–Kier alpha value is -1.08. The van der Waals surface area contributed by atoms with Gasteiger partial charge in [-0.15, -0.1) is 0 Å². The lowest BCUT2D eigenvalue weighted by Crippen LogP contribution is -2.28. The molecule has 0 unspecified atom stereocenters. The van der Waals surface area contributed by atoms with E-state index in [-0.39, 0.29) is 10.7 Å². The van der Waals surface area contributed by atoms with Gasteiger partial charge in [0.15, 0.2) is 5.82 Å². The molecule has 1 heterocycles. The number of anilines is 1. The number of nitrogen functional groups attached to an aromatic ring is 1. The number of aryl methyl sites for hydroxylation is 1. The summed E-state index contributed by atoms with van der Waals surface area (Å²) >= 11 is 0. The first-order valence-electron chi connectivity index (χ1n) is 6.22. The summed E-state index contributed by atoms with van der Waals surface area (Å²) in [4.78, 5) is 0.106. The van der Waals surface area contributed by atoms with Gasteiger partial charge in [0.25, 0.3) is 0 Å². The number of nitrogens with zero attached hydrogens (tertiary/aromatic N) is 3. The highest BCUT2D eigenvalue weighted by Gasteiger charge is 2.25. The second kappa shape index (κ2) is 6.19. The molecule has 1 aromatic heterocycles. The average Bonchev–Trinajstić information content (AvgIpc) is 2.68. The molecule has 1 rings (SSSR count). The summed E-state index contributed by atoms with van der Waals surface area (Å²) in [5.74, 6) is 0.0757. The second-order valence-corrected chi connectivity index (χ2v) is 6.34. The van der Waals surface area contributed by atoms with E-state index < -0.39 is 10.0 Å². The molecule has 0 fully saturated rings. The lowest BCUT2D eigenvalue weighted by Gasteiger charge is -2.15. The van der Waals surface area contributed by atoms with Gasteiger partial charge in [-0.3, -0.25) is 4.68 Å². The summed E-state index contributed by atoms with van der Waals surface area (Å²) in [6, 6.07) is 0. The van der Waals surface area contributed by atoms with Crippen LogP contribution in [0.5, 0.6) is 0 Å². The van der Waals surface area contributed by atoms with Crippen molar-refractivity contribution < 1.29 is 8.42 Å². The highest BCUT2D eigenvalue weighted by atomic mass is 32.2. The SMILES string of the molecule is CCCCN(C)S(=O)(=O)c1cn(CCC)nc1N. The number of rotatable bonds is 7. The molecule has 7 heteroatoms. The highest BCUT2D eigenvalue weighted by molar-refractivity contribution is 7.89. The van der Waals surface area contributed by atoms with Crippen molar-refractivity contribution in [2.75, 3.05) is 19.3 Å². The molecule has 104 valence electrons. The van der Waals surface area contributed by atoms with Crippen molar-refractivity contribution >= 4 is 15.8 Å². The molecule has 0 amide bonds. The molecule has 0 spiro atoms. The molecular formula is C11H22N4O2S. The van der Waals surface area contributed by atoms with E-state index in [1.807, 2.05) is 13.8 Å². The maximum absolute atomic E-state index is 12.3. The Morgan fingerprint density at radius 3 is 2.61 bits per heavy atom. The van der Waals surface area contributed by atoms with E-state index in [2.05, 4.69) is 5.10 Å². The largest absolute Gasteiger partial charge is 0.381 e. The number of unbranched alkanes of at least 4 members (excludes halogenated alkanes) is 1. The fourth-order valence-corrected chi connectivity index (χ4v) is 2.89. The van der Waals surface area contributed by atoms with E-state index >= 15 is 0 Å². The van der Waals surface area contributed by atoms with Gasteiger partial charge in [0, 0.05) is 26.3 Å². The van der Waals surface area contributed by atoms with Crippen LogP contribution in [0, 0.1) is 0 Å². The van der Waals surface area contributed by atoms with Crippen LogP contribution in [0.2, 0.25) is 0 Å². The normalized spacial score (nSPS) is 12.2. The van der Waals surface area contributed by atoms with Crippen molar-refractivity contribution in [3.63, 3.8) is 0 Å². The molecule has 0 atom stereocenters. The van der Waals surface area contributed by atoms with E-state index in [1.165, 1.54) is 10.5 Å². The van der Waals surface area contributed by atoms with E-state index in [9.17, 15) is 8.42 Å². The fraction of sp³-hybridized carbons (Fsp3) is 0.727. The van der Waals surface area contributed by atoms with E-state index in [0.29, 0.717) is 13.1 Å². The van der Waals surface area contributed by atoms with Gasteiger partial charge in [0.2, 0.25) is 10.0 Å². The zero-order valence-electron chi connectivity index (χ0n) is 11.3. The van der Waals surface area contributed by atoms with Gasteiger partial charge in [-0.2, -0.15) is 5.10 Å². The Balaban J connectivity index is 2.97. The summed E-state index contributed by atoms with van der Waals surface area (Å²) in [5.41, 5.74) is 5.69. The van der Waals surface area contributed by atoms with Crippen molar-refractivity contribution in [2.45, 2.75) is 44.6 Å². The Labute approximate surface area is 109 Å². The van der Waals surface area contributed by atoms with Gasteiger partial charge in [0.05, 0.1) is 0 Å². The molecule has 1 aromatic rings. The minimum atomic E-state index is -3.51. The number of sulfonamides is 1. The van der Waals surface area contributed by atoms with Gasteiger partial charge in [-0.05, 0) is 12.8 Å². The maximum Gasteiger partial charge on any atom is 0.248 e. The van der Waals surface area contributed by atoms with Gasteiger partial charge in [0.1, 0.15) is 4.90 Å². The van der Waals surface area contributed by atoms with Crippen molar-refractivity contribution in [1.29, 1.82) is 0 Å². The first-order chi connectivity index (χ1) is 8.43. The van der Waals surface area contributed by atoms with Crippen molar-refractivity contribution in [3.05, 3.63) is 6.20 Å². The van der Waals surface area contributed by atoms with Crippen LogP contribution in [-0.4, -0.2) is 36.1 Å². The fourth-order valence-electron chi connectivity index (χ4n) is 1.63. The topological polar surface area (TPSA) is 81.2 Å². The molecule has 2 N–H and O–H groups in total. The van der Waals surface area contributed by atoms with Crippen LogP contribution in [0.3, 0.4) is 0 Å². The number of hydrogen-bond donors (Lipinski definition) is 1. The molecule has 0 aliphatic rings. The van der Waals surface area contributed by atoms with Gasteiger partial charge in [-0.1, -0.05) is 20.3 Å². The molecule has 0 saturated carbocycles. The zero-order chi connectivity index (χ0) is 13.8. The Morgan fingerprint density at radius 2 is 2.06 bits per heavy atom. The van der Waals surface area contributed by atoms with Crippen molar-refractivity contribution in [1.82, 2.24) is 14.1 Å². The van der Waals surface area contributed by atoms with Crippen LogP contribution in [0.15, 0.2) is 11.1 Å². The highest BCUT2D eigenvalue weighted by Crippen LogP contribution is 2.20. The lowest BCUT2D eigenvalue weighted by atomic mass is 10.3. The Morgan fingerprint density at radius 1 is 1.39 bits per heavy atom. The average molecular weight is 274 g/mol. The van der Waals surface area contributed by atoms with Crippen LogP contribution >= 0.6 is 0 Å². The first-order valence-corrected chi connectivity index (χ1v) is 7.66. The van der Waals surface area contributed by atoms with Crippen molar-refractivity contribution in [3.8, 4) is 0 Å². The van der Waals surface area contributed by atoms with Gasteiger partial charge < -0.3 is 5.73 Å². The molecule has 6 nitrogen and oxygen atoms in total. The third-order valence-corrected chi connectivity index (χ3v) is 4.60. The second-order valence-electron chi connectivity index (χ2n) is 4.32. The molecular weight excluding hydrogens is 252 g/mol. The smallest absolute Gasteiger partial charge is 0.248 e. The third kappa shape index (κ3) is 3.23. The standard InChI is InChI=1S/C11H22N4O2S/c1-4-6-8-14(3)18(16,17)10-9-15(7-5-2)13-11(10)12/h9H,4-8H2,1-3H3,(H2,12,13). The van der Waals surface area contributed by atoms with Crippen LogP contribution in [-0.2, 0) is 16.6 Å². The molecule has 0 aliphatic carbocycles. The van der Waals surface area contributed by atoms with Gasteiger partial charge in [-0.25, -0.2) is 12.7 Å². The van der Waals surface area contributed by atoms with E-state index in [0.717, 1.165) is 19.3 Å². The minimum Gasteiger partial charge on any atom is -0.381 e. The lowest BCUT2D eigenvalue weighted by molar-refractivity contribution is 0.459. The number of nitrogens with two attached hydrogens (primary N) is 1. The molecule has 18 heavy (non-hydrogen) atoms. The maximum atomic E-state index is 12.3. The quantitative estimate of drug-likeness (QED) is 0.812. The summed E-state index contributed by atoms with van der Waals surface area (Å²) in [6.45, 7) is 5.18. The number of hydrogen-bond acceptors (Lipinski definition) is 4. The molecule has 0 aliphatic heterocycles. The predicted octanol–water partition coefficient (Wildman–Crippen LogP) is 1.30. The Bertz CT molecular complexity index is 481. The van der Waals surface area contributed by atoms with Crippen LogP contribution in [0.25, 0.3) is 0 Å².